The minimum Gasteiger partial charge on any atom is -0.353 e. The van der Waals surface area contributed by atoms with Crippen molar-refractivity contribution in [2.24, 2.45) is 5.92 Å². The standard InChI is InChI=1S/C12H24N2O/c1-8(2)13-12(15)10(4)14-9(3)11-6-5-7-11/h8-11,14H,5-7H2,1-4H3,(H,13,15). The lowest BCUT2D eigenvalue weighted by molar-refractivity contribution is -0.123. The summed E-state index contributed by atoms with van der Waals surface area (Å²) in [6, 6.07) is 0.607. The van der Waals surface area contributed by atoms with Crippen LogP contribution in [-0.4, -0.2) is 24.0 Å². The highest BCUT2D eigenvalue weighted by Gasteiger charge is 2.26. The highest BCUT2D eigenvalue weighted by atomic mass is 16.2. The van der Waals surface area contributed by atoms with E-state index in [2.05, 4.69) is 17.6 Å². The summed E-state index contributed by atoms with van der Waals surface area (Å²) >= 11 is 0. The van der Waals surface area contributed by atoms with Crippen LogP contribution < -0.4 is 10.6 Å². The van der Waals surface area contributed by atoms with Crippen molar-refractivity contribution >= 4 is 5.91 Å². The molecule has 1 aliphatic rings. The van der Waals surface area contributed by atoms with Crippen LogP contribution in [0, 0.1) is 5.92 Å². The van der Waals surface area contributed by atoms with Crippen LogP contribution in [0.3, 0.4) is 0 Å². The highest BCUT2D eigenvalue weighted by Crippen LogP contribution is 2.29. The number of carbonyl (C=O) groups is 1. The molecule has 0 saturated heterocycles. The largest absolute Gasteiger partial charge is 0.353 e. The van der Waals surface area contributed by atoms with E-state index in [0.29, 0.717) is 6.04 Å². The number of carbonyl (C=O) groups excluding carboxylic acids is 1. The second-order valence-electron chi connectivity index (χ2n) is 5.03. The lowest BCUT2D eigenvalue weighted by Gasteiger charge is -2.33. The fraction of sp³-hybridized carbons (Fsp3) is 0.917. The van der Waals surface area contributed by atoms with Gasteiger partial charge in [0, 0.05) is 12.1 Å². The third-order valence-corrected chi connectivity index (χ3v) is 3.19. The molecule has 1 rings (SSSR count). The van der Waals surface area contributed by atoms with Crippen molar-refractivity contribution in [3.63, 3.8) is 0 Å². The Morgan fingerprint density at radius 3 is 2.20 bits per heavy atom. The van der Waals surface area contributed by atoms with Gasteiger partial charge in [0.05, 0.1) is 6.04 Å². The zero-order valence-corrected chi connectivity index (χ0v) is 10.3. The molecule has 0 heterocycles. The molecule has 1 amide bonds. The van der Waals surface area contributed by atoms with Crippen LogP contribution in [0.25, 0.3) is 0 Å². The first kappa shape index (κ1) is 12.5. The summed E-state index contributed by atoms with van der Waals surface area (Å²) in [5, 5.41) is 6.30. The molecule has 0 aromatic rings. The normalized spacial score (nSPS) is 20.9. The molecule has 0 radical (unpaired) electrons. The summed E-state index contributed by atoms with van der Waals surface area (Å²) in [5.74, 6) is 0.885. The Hall–Kier alpha value is -0.570. The van der Waals surface area contributed by atoms with E-state index in [-0.39, 0.29) is 18.0 Å². The van der Waals surface area contributed by atoms with Crippen molar-refractivity contribution < 1.29 is 4.79 Å². The molecule has 0 aromatic heterocycles. The lowest BCUT2D eigenvalue weighted by Crippen LogP contribution is -2.50. The molecule has 1 aliphatic carbocycles. The maximum atomic E-state index is 11.6. The highest BCUT2D eigenvalue weighted by molar-refractivity contribution is 5.81. The fourth-order valence-corrected chi connectivity index (χ4v) is 1.96. The van der Waals surface area contributed by atoms with E-state index in [1.807, 2.05) is 20.8 Å². The average molecular weight is 212 g/mol. The third kappa shape index (κ3) is 3.82. The minimum absolute atomic E-state index is 0.0806. The van der Waals surface area contributed by atoms with Gasteiger partial charge in [-0.05, 0) is 46.5 Å². The molecule has 2 unspecified atom stereocenters. The van der Waals surface area contributed by atoms with E-state index in [1.54, 1.807) is 0 Å². The molecule has 1 saturated carbocycles. The van der Waals surface area contributed by atoms with Gasteiger partial charge >= 0.3 is 0 Å². The molecule has 0 aliphatic heterocycles. The zero-order chi connectivity index (χ0) is 11.4. The lowest BCUT2D eigenvalue weighted by atomic mass is 9.80. The summed E-state index contributed by atoms with van der Waals surface area (Å²) in [6.07, 6.45) is 3.97. The van der Waals surface area contributed by atoms with Gasteiger partial charge in [0.15, 0.2) is 0 Å². The van der Waals surface area contributed by atoms with Crippen LogP contribution >= 0.6 is 0 Å². The van der Waals surface area contributed by atoms with E-state index in [0.717, 1.165) is 5.92 Å². The Morgan fingerprint density at radius 2 is 1.80 bits per heavy atom. The van der Waals surface area contributed by atoms with Gasteiger partial charge in [-0.1, -0.05) is 6.42 Å². The maximum Gasteiger partial charge on any atom is 0.237 e. The van der Waals surface area contributed by atoms with E-state index in [4.69, 9.17) is 0 Å². The van der Waals surface area contributed by atoms with Crippen molar-refractivity contribution in [1.29, 1.82) is 0 Å². The Morgan fingerprint density at radius 1 is 1.20 bits per heavy atom. The summed E-state index contributed by atoms with van der Waals surface area (Å²) < 4.78 is 0. The van der Waals surface area contributed by atoms with Crippen LogP contribution in [0.15, 0.2) is 0 Å². The summed E-state index contributed by atoms with van der Waals surface area (Å²) in [6.45, 7) is 8.09. The first-order chi connectivity index (χ1) is 7.00. The molecule has 0 bridgehead atoms. The molecule has 1 fully saturated rings. The summed E-state index contributed by atoms with van der Waals surface area (Å²) in [5.41, 5.74) is 0. The molecule has 2 atom stereocenters. The predicted molar refractivity (Wildman–Crippen MR) is 62.7 cm³/mol. The van der Waals surface area contributed by atoms with E-state index in [9.17, 15) is 4.79 Å². The fourth-order valence-electron chi connectivity index (χ4n) is 1.96. The van der Waals surface area contributed by atoms with Gasteiger partial charge < -0.3 is 10.6 Å². The molecular weight excluding hydrogens is 188 g/mol. The number of hydrogen-bond donors (Lipinski definition) is 2. The van der Waals surface area contributed by atoms with Crippen molar-refractivity contribution in [2.75, 3.05) is 0 Å². The van der Waals surface area contributed by atoms with Gasteiger partial charge in [-0.3, -0.25) is 4.79 Å². The van der Waals surface area contributed by atoms with Gasteiger partial charge in [-0.15, -0.1) is 0 Å². The molecule has 3 nitrogen and oxygen atoms in total. The van der Waals surface area contributed by atoms with Crippen LogP contribution in [0.1, 0.15) is 47.0 Å². The van der Waals surface area contributed by atoms with Crippen LogP contribution in [0.5, 0.6) is 0 Å². The number of hydrogen-bond acceptors (Lipinski definition) is 2. The average Bonchev–Trinajstić information content (AvgIpc) is 1.98. The van der Waals surface area contributed by atoms with Gasteiger partial charge in [0.25, 0.3) is 0 Å². The topological polar surface area (TPSA) is 41.1 Å². The first-order valence-electron chi connectivity index (χ1n) is 6.07. The van der Waals surface area contributed by atoms with Crippen molar-refractivity contribution in [1.82, 2.24) is 10.6 Å². The Labute approximate surface area is 93.0 Å². The van der Waals surface area contributed by atoms with Gasteiger partial charge in [0.1, 0.15) is 0 Å². The molecule has 0 aromatic carbocycles. The molecule has 3 heteroatoms. The van der Waals surface area contributed by atoms with Crippen LogP contribution in [-0.2, 0) is 4.79 Å². The van der Waals surface area contributed by atoms with Gasteiger partial charge in [-0.25, -0.2) is 0 Å². The van der Waals surface area contributed by atoms with Gasteiger partial charge in [0.2, 0.25) is 5.91 Å². The Kier molecular flexibility index (Phi) is 4.58. The molecule has 0 spiro atoms. The van der Waals surface area contributed by atoms with E-state index >= 15 is 0 Å². The van der Waals surface area contributed by atoms with Crippen molar-refractivity contribution in [3.05, 3.63) is 0 Å². The van der Waals surface area contributed by atoms with Crippen LogP contribution in [0.2, 0.25) is 0 Å². The van der Waals surface area contributed by atoms with Crippen molar-refractivity contribution in [2.45, 2.75) is 65.1 Å². The van der Waals surface area contributed by atoms with E-state index < -0.39 is 0 Å². The van der Waals surface area contributed by atoms with Crippen LogP contribution in [0.4, 0.5) is 0 Å². The Bertz CT molecular complexity index is 212. The minimum atomic E-state index is -0.0806. The SMILES string of the molecule is CC(C)NC(=O)C(C)NC(C)C1CCC1. The molecule has 2 N–H and O–H groups in total. The first-order valence-corrected chi connectivity index (χ1v) is 6.07. The molecule has 88 valence electrons. The van der Waals surface area contributed by atoms with Gasteiger partial charge in [-0.2, -0.15) is 0 Å². The quantitative estimate of drug-likeness (QED) is 0.728. The molecule has 15 heavy (non-hydrogen) atoms. The third-order valence-electron chi connectivity index (χ3n) is 3.19. The smallest absolute Gasteiger partial charge is 0.237 e. The number of nitrogens with one attached hydrogen (secondary N) is 2. The summed E-state index contributed by atoms with van der Waals surface area (Å²) in [4.78, 5) is 11.6. The monoisotopic (exact) mass is 212 g/mol. The Balaban J connectivity index is 2.26. The van der Waals surface area contributed by atoms with E-state index in [1.165, 1.54) is 19.3 Å². The maximum absolute atomic E-state index is 11.6. The number of amides is 1. The molecular formula is C12H24N2O. The second-order valence-corrected chi connectivity index (χ2v) is 5.03. The summed E-state index contributed by atoms with van der Waals surface area (Å²) in [7, 11) is 0. The zero-order valence-electron chi connectivity index (χ0n) is 10.3. The van der Waals surface area contributed by atoms with Crippen molar-refractivity contribution in [3.8, 4) is 0 Å². The second kappa shape index (κ2) is 5.50. The predicted octanol–water partition coefficient (Wildman–Crippen LogP) is 1.68. The number of rotatable bonds is 5.